The van der Waals surface area contributed by atoms with Crippen molar-refractivity contribution in [3.8, 4) is 6.07 Å². The Labute approximate surface area is 335 Å². The molecule has 0 radical (unpaired) electrons. The molecule has 4 rings (SSSR count). The minimum atomic E-state index is -4.84. The van der Waals surface area contributed by atoms with Crippen LogP contribution in [0.4, 0.5) is 10.2 Å². The Hall–Kier alpha value is -3.36. The number of nitrogens with zero attached hydrogens (tertiary/aromatic N) is 5. The molecule has 1 fully saturated rings. The Kier molecular flexibility index (Phi) is 19.4. The smallest absolute Gasteiger partial charge is 0.387 e. The standard InChI is InChI=1S/C40H60FN6O9P/c1-3-4-5-6-7-8-9-10-11-12-13-14-15-16-19-52-25-33(53-24-31-20-30(23-42)21-32(41)22-31)26-54-57(50,51)55-28-40(27-44-2)38(49)36(48)37(56-40)34-17-18-35-39(43)45-29-46-47(34)35/h17-18,20-22,27,29,33,36-38,48-49H,3-16,19,24-26,28H2,1-2H3,(H,50,51)(H2,43,45,46)/b44-27-/t33-,36-,37-,38-,40+/m0/s1. The lowest BCUT2D eigenvalue weighted by Gasteiger charge is -2.28. The lowest BCUT2D eigenvalue weighted by atomic mass is 9.96. The monoisotopic (exact) mass is 818 g/mol. The number of phosphoric ester groups is 1. The maximum atomic E-state index is 14.1. The number of anilines is 1. The first kappa shape index (κ1) is 46.3. The molecule has 1 aliphatic heterocycles. The topological polar surface area (TPSA) is 216 Å². The van der Waals surface area contributed by atoms with E-state index < -0.39 is 56.9 Å². The zero-order valence-electron chi connectivity index (χ0n) is 33.2. The molecule has 1 saturated heterocycles. The van der Waals surface area contributed by atoms with Crippen molar-refractivity contribution in [2.24, 2.45) is 4.99 Å². The van der Waals surface area contributed by atoms with Crippen LogP contribution in [0.5, 0.6) is 0 Å². The molecule has 1 aliphatic rings. The largest absolute Gasteiger partial charge is 0.472 e. The summed E-state index contributed by atoms with van der Waals surface area (Å²) in [5.41, 5.74) is 5.40. The molecule has 15 nitrogen and oxygen atoms in total. The SMILES string of the molecule is CCCCCCCCCCCCCCCCOC[C@@H](COP(=O)(O)OC[C@@]1(/C=N\C)O[C@@H](c2ccc3c(N)ncnn23)[C@H](O)[C@@H]1O)OCc1cc(F)cc(C#N)c1. The number of benzene rings is 1. The summed E-state index contributed by atoms with van der Waals surface area (Å²) < 4.78 is 57.2. The molecule has 3 aromatic rings. The van der Waals surface area contributed by atoms with E-state index in [0.717, 1.165) is 25.3 Å². The number of aliphatic hydroxyl groups is 2. The van der Waals surface area contributed by atoms with Crippen LogP contribution >= 0.6 is 7.82 Å². The third-order valence-electron chi connectivity index (χ3n) is 10.0. The minimum absolute atomic E-state index is 0.000332. The van der Waals surface area contributed by atoms with Gasteiger partial charge in [-0.15, -0.1) is 0 Å². The van der Waals surface area contributed by atoms with E-state index in [-0.39, 0.29) is 24.6 Å². The van der Waals surface area contributed by atoms with E-state index in [4.69, 9.17) is 29.0 Å². The van der Waals surface area contributed by atoms with Gasteiger partial charge in [0.2, 0.25) is 0 Å². The van der Waals surface area contributed by atoms with Crippen LogP contribution in [0.25, 0.3) is 5.52 Å². The molecule has 0 bridgehead atoms. The van der Waals surface area contributed by atoms with E-state index in [1.807, 2.05) is 6.07 Å². The van der Waals surface area contributed by atoms with E-state index in [1.54, 1.807) is 12.1 Å². The van der Waals surface area contributed by atoms with Crippen LogP contribution in [0.2, 0.25) is 0 Å². The number of hydrogen-bond donors (Lipinski definition) is 4. The molecule has 0 spiro atoms. The van der Waals surface area contributed by atoms with Crippen LogP contribution in [-0.2, 0) is 34.4 Å². The Morgan fingerprint density at radius 1 is 1.04 bits per heavy atom. The van der Waals surface area contributed by atoms with Crippen molar-refractivity contribution >= 4 is 25.4 Å². The molecule has 0 amide bonds. The van der Waals surface area contributed by atoms with Gasteiger partial charge >= 0.3 is 7.82 Å². The second-order valence-electron chi connectivity index (χ2n) is 14.6. The van der Waals surface area contributed by atoms with E-state index in [9.17, 15) is 29.3 Å². The molecule has 0 aliphatic carbocycles. The quantitative estimate of drug-likeness (QED) is 0.0338. The Morgan fingerprint density at radius 2 is 1.70 bits per heavy atom. The first-order chi connectivity index (χ1) is 27.5. The number of aliphatic imine (C=N–C) groups is 1. The van der Waals surface area contributed by atoms with Gasteiger partial charge in [-0.2, -0.15) is 10.4 Å². The molecule has 316 valence electrons. The number of nitrogen functional groups attached to an aromatic ring is 1. The van der Waals surface area contributed by atoms with Crippen molar-refractivity contribution < 1.29 is 47.3 Å². The Morgan fingerprint density at radius 3 is 2.35 bits per heavy atom. The van der Waals surface area contributed by atoms with Gasteiger partial charge in [-0.25, -0.2) is 18.5 Å². The first-order valence-electron chi connectivity index (χ1n) is 20.1. The predicted molar refractivity (Wildman–Crippen MR) is 213 cm³/mol. The molecule has 5 N–H and O–H groups in total. The molecule has 2 aromatic heterocycles. The lowest BCUT2D eigenvalue weighted by molar-refractivity contribution is -0.0702. The Balaban J connectivity index is 1.26. The van der Waals surface area contributed by atoms with Crippen molar-refractivity contribution in [2.45, 2.75) is 133 Å². The summed E-state index contributed by atoms with van der Waals surface area (Å²) in [5.74, 6) is -0.406. The molecule has 1 aromatic carbocycles. The summed E-state index contributed by atoms with van der Waals surface area (Å²) in [6, 6.07) is 8.97. The average molecular weight is 819 g/mol. The van der Waals surface area contributed by atoms with E-state index in [0.29, 0.717) is 23.4 Å². The normalized spacial score (nSPS) is 21.3. The highest BCUT2D eigenvalue weighted by molar-refractivity contribution is 7.47. The molecular formula is C40H60FN6O9P. The van der Waals surface area contributed by atoms with Crippen LogP contribution in [0.3, 0.4) is 0 Å². The van der Waals surface area contributed by atoms with Crippen molar-refractivity contribution in [3.05, 3.63) is 59.3 Å². The fourth-order valence-electron chi connectivity index (χ4n) is 6.90. The van der Waals surface area contributed by atoms with Crippen molar-refractivity contribution in [3.63, 3.8) is 0 Å². The van der Waals surface area contributed by atoms with Crippen LogP contribution < -0.4 is 5.73 Å². The number of hydrogen-bond acceptors (Lipinski definition) is 13. The van der Waals surface area contributed by atoms with Gasteiger partial charge in [0.15, 0.2) is 11.4 Å². The summed E-state index contributed by atoms with van der Waals surface area (Å²) in [6.45, 7) is 1.38. The lowest BCUT2D eigenvalue weighted by Crippen LogP contribution is -2.48. The number of unbranched alkanes of at least 4 members (excludes halogenated alkanes) is 13. The third kappa shape index (κ3) is 14.5. The summed E-state index contributed by atoms with van der Waals surface area (Å²) in [4.78, 5) is 18.6. The van der Waals surface area contributed by atoms with Crippen LogP contribution in [0.1, 0.15) is 120 Å². The number of phosphoric acid groups is 1. The maximum Gasteiger partial charge on any atom is 0.472 e. The summed E-state index contributed by atoms with van der Waals surface area (Å²) in [6.07, 6.45) is 14.5. The molecule has 57 heavy (non-hydrogen) atoms. The fourth-order valence-corrected chi connectivity index (χ4v) is 7.70. The van der Waals surface area contributed by atoms with Crippen LogP contribution in [-0.4, -0.2) is 93.3 Å². The zero-order valence-corrected chi connectivity index (χ0v) is 34.1. The summed E-state index contributed by atoms with van der Waals surface area (Å²) in [5, 5.41) is 35.6. The number of rotatable bonds is 28. The number of halogens is 1. The van der Waals surface area contributed by atoms with Gasteiger partial charge in [-0.3, -0.25) is 14.0 Å². The summed E-state index contributed by atoms with van der Waals surface area (Å²) in [7, 11) is -3.44. The van der Waals surface area contributed by atoms with Crippen molar-refractivity contribution in [2.75, 3.05) is 39.2 Å². The summed E-state index contributed by atoms with van der Waals surface area (Å²) >= 11 is 0. The number of aromatic nitrogens is 3. The van der Waals surface area contributed by atoms with Gasteiger partial charge in [-0.05, 0) is 42.3 Å². The minimum Gasteiger partial charge on any atom is -0.387 e. The van der Waals surface area contributed by atoms with Crippen LogP contribution in [0.15, 0.2) is 41.7 Å². The maximum absolute atomic E-state index is 14.1. The molecular weight excluding hydrogens is 758 g/mol. The number of nitriles is 1. The molecule has 0 saturated carbocycles. The van der Waals surface area contributed by atoms with Gasteiger partial charge < -0.3 is 35.1 Å². The molecule has 3 heterocycles. The second kappa shape index (κ2) is 23.9. The van der Waals surface area contributed by atoms with Crippen molar-refractivity contribution in [1.29, 1.82) is 5.26 Å². The molecule has 17 heteroatoms. The van der Waals surface area contributed by atoms with Gasteiger partial charge in [-0.1, -0.05) is 90.4 Å². The fraction of sp³-hybridized carbons (Fsp3) is 0.650. The number of nitrogens with two attached hydrogens (primary N) is 1. The van der Waals surface area contributed by atoms with E-state index in [1.165, 1.54) is 107 Å². The highest BCUT2D eigenvalue weighted by atomic mass is 31.2. The van der Waals surface area contributed by atoms with E-state index >= 15 is 0 Å². The van der Waals surface area contributed by atoms with E-state index in [2.05, 4.69) is 22.0 Å². The number of ether oxygens (including phenoxy) is 3. The molecule has 6 atom stereocenters. The van der Waals surface area contributed by atoms with Gasteiger partial charge in [0.1, 0.15) is 42.1 Å². The number of aliphatic hydroxyl groups excluding tert-OH is 2. The number of fused-ring (bicyclic) bond motifs is 1. The second-order valence-corrected chi connectivity index (χ2v) is 16.1. The van der Waals surface area contributed by atoms with Crippen molar-refractivity contribution in [1.82, 2.24) is 14.6 Å². The highest BCUT2D eigenvalue weighted by Crippen LogP contribution is 2.47. The Bertz CT molecular complexity index is 1780. The highest BCUT2D eigenvalue weighted by Gasteiger charge is 2.55. The van der Waals surface area contributed by atoms with Crippen LogP contribution in [0, 0.1) is 17.1 Å². The third-order valence-corrected chi connectivity index (χ3v) is 11.0. The van der Waals surface area contributed by atoms with Gasteiger partial charge in [0, 0.05) is 19.9 Å². The predicted octanol–water partition coefficient (Wildman–Crippen LogP) is 6.77. The zero-order chi connectivity index (χ0) is 41.1. The van der Waals surface area contributed by atoms with Gasteiger partial charge in [0.05, 0.1) is 43.8 Å². The molecule has 1 unspecified atom stereocenters. The van der Waals surface area contributed by atoms with Gasteiger partial charge in [0.25, 0.3) is 0 Å². The first-order valence-corrected chi connectivity index (χ1v) is 21.6. The average Bonchev–Trinajstić information content (AvgIpc) is 3.73.